The summed E-state index contributed by atoms with van der Waals surface area (Å²) in [6.45, 7) is 3.41. The zero-order chi connectivity index (χ0) is 13.7. The van der Waals surface area contributed by atoms with Gasteiger partial charge in [0.1, 0.15) is 5.75 Å². The van der Waals surface area contributed by atoms with Crippen LogP contribution in [0.2, 0.25) is 0 Å². The highest BCUT2D eigenvalue weighted by Gasteiger charge is 2.11. The molecule has 0 aliphatic rings. The zero-order valence-electron chi connectivity index (χ0n) is 10.9. The van der Waals surface area contributed by atoms with Crippen LogP contribution in [-0.2, 0) is 0 Å². The molecular formula is C12H19N3O3. The molecule has 0 fully saturated rings. The molecule has 0 heterocycles. The highest BCUT2D eigenvalue weighted by atomic mass is 16.6. The van der Waals surface area contributed by atoms with Gasteiger partial charge in [-0.05, 0) is 20.2 Å². The van der Waals surface area contributed by atoms with E-state index >= 15 is 0 Å². The number of nitrogens with two attached hydrogens (primary N) is 1. The molecule has 0 saturated carbocycles. The van der Waals surface area contributed by atoms with Crippen molar-refractivity contribution >= 4 is 11.4 Å². The van der Waals surface area contributed by atoms with Crippen LogP contribution in [0.15, 0.2) is 18.2 Å². The summed E-state index contributed by atoms with van der Waals surface area (Å²) in [4.78, 5) is 12.2. The Bertz CT molecular complexity index is 421. The Morgan fingerprint density at radius 2 is 2.17 bits per heavy atom. The molecular weight excluding hydrogens is 234 g/mol. The van der Waals surface area contributed by atoms with Crippen LogP contribution < -0.4 is 10.5 Å². The average Bonchev–Trinajstić information content (AvgIpc) is 2.26. The fourth-order valence-electron chi connectivity index (χ4n) is 1.67. The second kappa shape index (κ2) is 6.20. The number of hydrogen-bond acceptors (Lipinski definition) is 5. The Balaban J connectivity index is 2.66. The van der Waals surface area contributed by atoms with Crippen LogP contribution in [0.1, 0.15) is 6.92 Å². The van der Waals surface area contributed by atoms with E-state index in [1.54, 1.807) is 0 Å². The van der Waals surface area contributed by atoms with E-state index in [0.717, 1.165) is 6.54 Å². The summed E-state index contributed by atoms with van der Waals surface area (Å²) in [5.74, 6) is 0.688. The molecule has 0 amide bonds. The first-order valence-electron chi connectivity index (χ1n) is 5.71. The third kappa shape index (κ3) is 4.21. The van der Waals surface area contributed by atoms with E-state index < -0.39 is 4.92 Å². The Kier molecular flexibility index (Phi) is 4.91. The molecule has 0 aromatic heterocycles. The van der Waals surface area contributed by atoms with Crippen LogP contribution in [0.4, 0.5) is 11.4 Å². The number of nitrogens with zero attached hydrogens (tertiary/aromatic N) is 2. The van der Waals surface area contributed by atoms with Crippen LogP contribution in [-0.4, -0.2) is 37.1 Å². The van der Waals surface area contributed by atoms with Gasteiger partial charge in [-0.3, -0.25) is 10.1 Å². The fourth-order valence-corrected chi connectivity index (χ4v) is 1.67. The normalized spacial score (nSPS) is 12.4. The maximum atomic E-state index is 10.7. The van der Waals surface area contributed by atoms with Crippen molar-refractivity contribution in [3.05, 3.63) is 28.3 Å². The molecule has 100 valence electrons. The van der Waals surface area contributed by atoms with E-state index in [2.05, 4.69) is 4.90 Å². The second-order valence-corrected chi connectivity index (χ2v) is 4.66. The van der Waals surface area contributed by atoms with Crippen molar-refractivity contribution in [1.29, 1.82) is 0 Å². The molecule has 1 aromatic carbocycles. The maximum absolute atomic E-state index is 10.7. The molecule has 2 N–H and O–H groups in total. The predicted octanol–water partition coefficient (Wildman–Crippen LogP) is 1.75. The largest absolute Gasteiger partial charge is 0.491 e. The number of nitro groups is 1. The molecule has 1 aromatic rings. The minimum absolute atomic E-state index is 0.0144. The van der Waals surface area contributed by atoms with E-state index in [1.807, 2.05) is 21.0 Å². The number of ether oxygens (including phenoxy) is 1. The average molecular weight is 253 g/mol. The second-order valence-electron chi connectivity index (χ2n) is 4.66. The molecule has 6 heteroatoms. The summed E-state index contributed by atoms with van der Waals surface area (Å²) in [5, 5.41) is 10.7. The third-order valence-corrected chi connectivity index (χ3v) is 2.41. The standard InChI is InChI=1S/C12H19N3O3/c1-9(7-14(2)3)8-18-12-6-10(15(16)17)4-5-11(12)13/h4-6,9H,7-8,13H2,1-3H3. The molecule has 0 spiro atoms. The molecule has 18 heavy (non-hydrogen) atoms. The van der Waals surface area contributed by atoms with Crippen molar-refractivity contribution in [3.63, 3.8) is 0 Å². The van der Waals surface area contributed by atoms with Crippen LogP contribution in [0, 0.1) is 16.0 Å². The quantitative estimate of drug-likeness (QED) is 0.474. The van der Waals surface area contributed by atoms with Crippen molar-refractivity contribution in [2.45, 2.75) is 6.92 Å². The Morgan fingerprint density at radius 1 is 1.50 bits per heavy atom. The Labute approximate surface area is 106 Å². The van der Waals surface area contributed by atoms with Crippen molar-refractivity contribution in [3.8, 4) is 5.75 Å². The molecule has 0 saturated heterocycles. The van der Waals surface area contributed by atoms with Crippen molar-refractivity contribution in [2.24, 2.45) is 5.92 Å². The van der Waals surface area contributed by atoms with Crippen molar-refractivity contribution < 1.29 is 9.66 Å². The number of nitro benzene ring substituents is 1. The van der Waals surface area contributed by atoms with E-state index in [9.17, 15) is 10.1 Å². The molecule has 1 atom stereocenters. The van der Waals surface area contributed by atoms with Crippen molar-refractivity contribution in [1.82, 2.24) is 4.90 Å². The van der Waals surface area contributed by atoms with E-state index in [-0.39, 0.29) is 5.69 Å². The minimum atomic E-state index is -0.463. The predicted molar refractivity (Wildman–Crippen MR) is 70.7 cm³/mol. The lowest BCUT2D eigenvalue weighted by atomic mass is 10.2. The zero-order valence-corrected chi connectivity index (χ0v) is 10.9. The highest BCUT2D eigenvalue weighted by molar-refractivity contribution is 5.57. The van der Waals surface area contributed by atoms with Gasteiger partial charge in [-0.2, -0.15) is 0 Å². The molecule has 0 radical (unpaired) electrons. The van der Waals surface area contributed by atoms with Gasteiger partial charge in [0.25, 0.3) is 5.69 Å². The van der Waals surface area contributed by atoms with E-state index in [1.165, 1.54) is 18.2 Å². The summed E-state index contributed by atoms with van der Waals surface area (Å²) in [5.41, 5.74) is 6.12. The summed E-state index contributed by atoms with van der Waals surface area (Å²) in [7, 11) is 3.97. The van der Waals surface area contributed by atoms with Gasteiger partial charge >= 0.3 is 0 Å². The van der Waals surface area contributed by atoms with Gasteiger partial charge in [-0.25, -0.2) is 0 Å². The lowest BCUT2D eigenvalue weighted by molar-refractivity contribution is -0.384. The van der Waals surface area contributed by atoms with Gasteiger partial charge in [-0.1, -0.05) is 6.92 Å². The molecule has 1 unspecified atom stereocenters. The summed E-state index contributed by atoms with van der Waals surface area (Å²) in [6.07, 6.45) is 0. The lowest BCUT2D eigenvalue weighted by Crippen LogP contribution is -2.24. The Morgan fingerprint density at radius 3 is 2.72 bits per heavy atom. The lowest BCUT2D eigenvalue weighted by Gasteiger charge is -2.17. The van der Waals surface area contributed by atoms with Gasteiger partial charge in [0.15, 0.2) is 0 Å². The van der Waals surface area contributed by atoms with Crippen LogP contribution in [0.5, 0.6) is 5.75 Å². The van der Waals surface area contributed by atoms with Crippen LogP contribution >= 0.6 is 0 Å². The van der Waals surface area contributed by atoms with Gasteiger partial charge in [0, 0.05) is 18.5 Å². The number of hydrogen-bond donors (Lipinski definition) is 1. The van der Waals surface area contributed by atoms with Gasteiger partial charge in [0.2, 0.25) is 0 Å². The van der Waals surface area contributed by atoms with E-state index in [0.29, 0.717) is 24.0 Å². The smallest absolute Gasteiger partial charge is 0.273 e. The van der Waals surface area contributed by atoms with Crippen molar-refractivity contribution in [2.75, 3.05) is 33.0 Å². The van der Waals surface area contributed by atoms with Gasteiger partial charge in [-0.15, -0.1) is 0 Å². The molecule has 6 nitrogen and oxygen atoms in total. The number of rotatable bonds is 6. The Hall–Kier alpha value is -1.82. The maximum Gasteiger partial charge on any atom is 0.273 e. The number of benzene rings is 1. The molecule has 1 rings (SSSR count). The first kappa shape index (κ1) is 14.2. The van der Waals surface area contributed by atoms with Gasteiger partial charge < -0.3 is 15.4 Å². The van der Waals surface area contributed by atoms with Gasteiger partial charge in [0.05, 0.1) is 23.3 Å². The third-order valence-electron chi connectivity index (χ3n) is 2.41. The first-order valence-corrected chi connectivity index (χ1v) is 5.71. The molecule has 0 aliphatic heterocycles. The monoisotopic (exact) mass is 253 g/mol. The van der Waals surface area contributed by atoms with Crippen LogP contribution in [0.3, 0.4) is 0 Å². The summed E-state index contributed by atoms with van der Waals surface area (Å²) >= 11 is 0. The summed E-state index contributed by atoms with van der Waals surface area (Å²) in [6, 6.07) is 4.22. The summed E-state index contributed by atoms with van der Waals surface area (Å²) < 4.78 is 5.53. The first-order chi connectivity index (χ1) is 8.40. The highest BCUT2D eigenvalue weighted by Crippen LogP contribution is 2.27. The fraction of sp³-hybridized carbons (Fsp3) is 0.500. The topological polar surface area (TPSA) is 81.6 Å². The number of anilines is 1. The van der Waals surface area contributed by atoms with E-state index in [4.69, 9.17) is 10.5 Å². The van der Waals surface area contributed by atoms with Crippen LogP contribution in [0.25, 0.3) is 0 Å². The minimum Gasteiger partial charge on any atom is -0.491 e. The molecule has 0 bridgehead atoms. The SMILES string of the molecule is CC(COc1cc([N+](=O)[O-])ccc1N)CN(C)C. The number of non-ortho nitro benzene ring substituents is 1. The molecule has 0 aliphatic carbocycles. The number of nitrogen functional groups attached to an aromatic ring is 1.